The summed E-state index contributed by atoms with van der Waals surface area (Å²) >= 11 is 0. The van der Waals surface area contributed by atoms with Gasteiger partial charge in [0.25, 0.3) is 0 Å². The summed E-state index contributed by atoms with van der Waals surface area (Å²) in [6, 6.07) is 0. The van der Waals surface area contributed by atoms with E-state index in [0.717, 1.165) is 19.4 Å². The summed E-state index contributed by atoms with van der Waals surface area (Å²) in [7, 11) is 4.06. The molecule has 0 aromatic heterocycles. The van der Waals surface area contributed by atoms with Gasteiger partial charge in [-0.3, -0.25) is 4.79 Å². The first kappa shape index (κ1) is 26.4. The highest BCUT2D eigenvalue weighted by Gasteiger charge is 2.02. The van der Waals surface area contributed by atoms with Gasteiger partial charge in [-0.1, -0.05) is 103 Å². The number of hydrogen-bond donors (Lipinski definition) is 0. The molecule has 0 N–H and O–H groups in total. The van der Waals surface area contributed by atoms with Crippen molar-refractivity contribution in [3.63, 3.8) is 0 Å². The number of unbranched alkanes of at least 4 members (excludes halogenated alkanes) is 15. The Morgan fingerprint density at radius 1 is 0.630 bits per heavy atom. The smallest absolute Gasteiger partial charge is 0.305 e. The molecule has 0 fully saturated rings. The van der Waals surface area contributed by atoms with Gasteiger partial charge in [0, 0.05) is 6.42 Å². The Balaban J connectivity index is 3.09. The highest BCUT2D eigenvalue weighted by Crippen LogP contribution is 2.13. The van der Waals surface area contributed by atoms with Gasteiger partial charge < -0.3 is 9.64 Å². The minimum Gasteiger partial charge on any atom is -0.466 e. The van der Waals surface area contributed by atoms with E-state index in [0.29, 0.717) is 13.0 Å². The Morgan fingerprint density at radius 3 is 1.44 bits per heavy atom. The van der Waals surface area contributed by atoms with Crippen molar-refractivity contribution in [2.24, 2.45) is 0 Å². The zero-order chi connectivity index (χ0) is 20.0. The summed E-state index contributed by atoms with van der Waals surface area (Å²) < 4.78 is 5.29. The van der Waals surface area contributed by atoms with E-state index >= 15 is 0 Å². The molecule has 0 spiro atoms. The van der Waals surface area contributed by atoms with Gasteiger partial charge in [0.15, 0.2) is 0 Å². The molecule has 162 valence electrons. The van der Waals surface area contributed by atoms with Crippen LogP contribution in [-0.2, 0) is 9.53 Å². The molecule has 0 amide bonds. The fourth-order valence-corrected chi connectivity index (χ4v) is 3.45. The van der Waals surface area contributed by atoms with Crippen LogP contribution in [0.1, 0.15) is 122 Å². The Labute approximate surface area is 170 Å². The molecular weight excluding hydrogens is 334 g/mol. The van der Waals surface area contributed by atoms with E-state index in [1.165, 1.54) is 96.3 Å². The predicted molar refractivity (Wildman–Crippen MR) is 118 cm³/mol. The average molecular weight is 384 g/mol. The largest absolute Gasteiger partial charge is 0.466 e. The molecule has 0 rings (SSSR count). The topological polar surface area (TPSA) is 29.5 Å². The van der Waals surface area contributed by atoms with Gasteiger partial charge >= 0.3 is 5.97 Å². The molecule has 0 aliphatic carbocycles. The molecule has 0 aromatic carbocycles. The van der Waals surface area contributed by atoms with Crippen molar-refractivity contribution < 1.29 is 9.53 Å². The van der Waals surface area contributed by atoms with E-state index in [2.05, 4.69) is 11.8 Å². The lowest BCUT2D eigenvalue weighted by Gasteiger charge is -2.09. The minimum absolute atomic E-state index is 0.0298. The molecule has 3 nitrogen and oxygen atoms in total. The molecule has 0 bridgehead atoms. The molecule has 27 heavy (non-hydrogen) atoms. The van der Waals surface area contributed by atoms with Crippen LogP contribution in [0.4, 0.5) is 0 Å². The molecule has 3 heteroatoms. The molecule has 0 aliphatic rings. The van der Waals surface area contributed by atoms with Crippen molar-refractivity contribution in [3.05, 3.63) is 0 Å². The highest BCUT2D eigenvalue weighted by molar-refractivity contribution is 5.69. The van der Waals surface area contributed by atoms with Crippen LogP contribution in [0.2, 0.25) is 0 Å². The SMILES string of the molecule is CCCCCCCCCCCCCCCCCCOC(=O)CCCN(C)C. The number of carbonyl (C=O) groups excluding carboxylic acids is 1. The van der Waals surface area contributed by atoms with Crippen LogP contribution in [0.25, 0.3) is 0 Å². The van der Waals surface area contributed by atoms with E-state index in [-0.39, 0.29) is 5.97 Å². The van der Waals surface area contributed by atoms with Gasteiger partial charge in [-0.05, 0) is 33.5 Å². The Bertz CT molecular complexity index is 305. The van der Waals surface area contributed by atoms with Gasteiger partial charge in [0.05, 0.1) is 6.61 Å². The molecule has 0 unspecified atom stereocenters. The summed E-state index contributed by atoms with van der Waals surface area (Å²) in [5, 5.41) is 0. The fourth-order valence-electron chi connectivity index (χ4n) is 3.45. The van der Waals surface area contributed by atoms with Crippen LogP contribution in [0.15, 0.2) is 0 Å². The second kappa shape index (κ2) is 21.7. The van der Waals surface area contributed by atoms with Crippen molar-refractivity contribution in [1.29, 1.82) is 0 Å². The van der Waals surface area contributed by atoms with Crippen LogP contribution in [0.5, 0.6) is 0 Å². The minimum atomic E-state index is -0.0298. The third-order valence-corrected chi connectivity index (χ3v) is 5.25. The first-order valence-electron chi connectivity index (χ1n) is 12.0. The van der Waals surface area contributed by atoms with Crippen LogP contribution in [0.3, 0.4) is 0 Å². The third-order valence-electron chi connectivity index (χ3n) is 5.25. The average Bonchev–Trinajstić information content (AvgIpc) is 2.64. The molecule has 0 radical (unpaired) electrons. The monoisotopic (exact) mass is 383 g/mol. The van der Waals surface area contributed by atoms with E-state index in [4.69, 9.17) is 4.74 Å². The number of esters is 1. The van der Waals surface area contributed by atoms with E-state index < -0.39 is 0 Å². The molecule has 0 aliphatic heterocycles. The maximum Gasteiger partial charge on any atom is 0.305 e. The molecule has 0 atom stereocenters. The van der Waals surface area contributed by atoms with E-state index in [1.54, 1.807) is 0 Å². The standard InChI is InChI=1S/C24H49NO2/c1-4-5-6-7-8-9-10-11-12-13-14-15-16-17-18-19-23-27-24(26)21-20-22-25(2)3/h4-23H2,1-3H3. The summed E-state index contributed by atoms with van der Waals surface area (Å²) in [6.07, 6.45) is 23.4. The van der Waals surface area contributed by atoms with Gasteiger partial charge in [0.2, 0.25) is 0 Å². The molecular formula is C24H49NO2. The lowest BCUT2D eigenvalue weighted by molar-refractivity contribution is -0.143. The van der Waals surface area contributed by atoms with Crippen molar-refractivity contribution in [3.8, 4) is 0 Å². The Kier molecular flexibility index (Phi) is 21.3. The molecule has 0 heterocycles. The maximum absolute atomic E-state index is 11.5. The lowest BCUT2D eigenvalue weighted by atomic mass is 10.0. The first-order valence-corrected chi connectivity index (χ1v) is 12.0. The Hall–Kier alpha value is -0.570. The zero-order valence-electron chi connectivity index (χ0n) is 18.9. The normalized spacial score (nSPS) is 11.3. The molecule has 0 saturated carbocycles. The van der Waals surface area contributed by atoms with E-state index in [9.17, 15) is 4.79 Å². The lowest BCUT2D eigenvalue weighted by Crippen LogP contribution is -2.15. The molecule has 0 saturated heterocycles. The summed E-state index contributed by atoms with van der Waals surface area (Å²) in [6.45, 7) is 3.85. The van der Waals surface area contributed by atoms with Gasteiger partial charge in [-0.2, -0.15) is 0 Å². The van der Waals surface area contributed by atoms with Crippen LogP contribution in [-0.4, -0.2) is 38.1 Å². The first-order chi connectivity index (χ1) is 13.2. The van der Waals surface area contributed by atoms with Crippen molar-refractivity contribution in [1.82, 2.24) is 4.90 Å². The number of nitrogens with zero attached hydrogens (tertiary/aromatic N) is 1. The van der Waals surface area contributed by atoms with Crippen LogP contribution >= 0.6 is 0 Å². The second-order valence-corrected chi connectivity index (χ2v) is 8.43. The second-order valence-electron chi connectivity index (χ2n) is 8.43. The third kappa shape index (κ3) is 23.4. The van der Waals surface area contributed by atoms with Crippen molar-refractivity contribution in [2.75, 3.05) is 27.2 Å². The van der Waals surface area contributed by atoms with Gasteiger partial charge in [-0.15, -0.1) is 0 Å². The Morgan fingerprint density at radius 2 is 1.04 bits per heavy atom. The summed E-state index contributed by atoms with van der Waals surface area (Å²) in [5.74, 6) is -0.0298. The summed E-state index contributed by atoms with van der Waals surface area (Å²) in [5.41, 5.74) is 0. The van der Waals surface area contributed by atoms with Crippen LogP contribution in [0, 0.1) is 0 Å². The quantitative estimate of drug-likeness (QED) is 0.156. The van der Waals surface area contributed by atoms with Crippen molar-refractivity contribution >= 4 is 5.97 Å². The highest BCUT2D eigenvalue weighted by atomic mass is 16.5. The maximum atomic E-state index is 11.5. The van der Waals surface area contributed by atoms with Crippen LogP contribution < -0.4 is 0 Å². The fraction of sp³-hybridized carbons (Fsp3) is 0.958. The summed E-state index contributed by atoms with van der Waals surface area (Å²) in [4.78, 5) is 13.6. The molecule has 0 aromatic rings. The predicted octanol–water partition coefficient (Wildman–Crippen LogP) is 7.13. The van der Waals surface area contributed by atoms with Gasteiger partial charge in [-0.25, -0.2) is 0 Å². The van der Waals surface area contributed by atoms with Crippen molar-refractivity contribution in [2.45, 2.75) is 122 Å². The zero-order valence-corrected chi connectivity index (χ0v) is 18.9. The number of hydrogen-bond acceptors (Lipinski definition) is 3. The number of rotatable bonds is 21. The number of carbonyl (C=O) groups is 1. The van der Waals surface area contributed by atoms with Gasteiger partial charge in [0.1, 0.15) is 0 Å². The number of ether oxygens (including phenoxy) is 1. The van der Waals surface area contributed by atoms with E-state index in [1.807, 2.05) is 14.1 Å².